The van der Waals surface area contributed by atoms with E-state index in [1.165, 1.54) is 18.2 Å². The average Bonchev–Trinajstić information content (AvgIpc) is 2.46. The van der Waals surface area contributed by atoms with E-state index < -0.39 is 21.0 Å². The van der Waals surface area contributed by atoms with E-state index in [-0.39, 0.29) is 4.90 Å². The van der Waals surface area contributed by atoms with Crippen molar-refractivity contribution in [2.75, 3.05) is 0 Å². The lowest BCUT2D eigenvalue weighted by Crippen LogP contribution is -2.28. The molecule has 6 heteroatoms. The lowest BCUT2D eigenvalue weighted by atomic mass is 10.2. The molecule has 1 N–H and O–H groups in total. The Morgan fingerprint density at radius 1 is 1.10 bits per heavy atom. The van der Waals surface area contributed by atoms with E-state index in [0.29, 0.717) is 17.5 Å². The van der Waals surface area contributed by atoms with Gasteiger partial charge in [-0.25, -0.2) is 12.8 Å². The fraction of sp³-hybridized carbons (Fsp3) is 0.133. The van der Waals surface area contributed by atoms with Crippen LogP contribution in [0.1, 0.15) is 16.5 Å². The molecule has 0 aliphatic carbocycles. The number of aryl methyl sites for hydroxylation is 1. The van der Waals surface area contributed by atoms with Gasteiger partial charge in [-0.1, -0.05) is 30.3 Å². The molecule has 1 unspecified atom stereocenters. The van der Waals surface area contributed by atoms with Gasteiger partial charge in [-0.2, -0.15) is 0 Å². The Kier molecular flexibility index (Phi) is 4.37. The minimum atomic E-state index is -3.82. The summed E-state index contributed by atoms with van der Waals surface area (Å²) in [4.78, 5) is 10.9. The maximum Gasteiger partial charge on any atom is 0.208 e. The molecule has 0 heterocycles. The van der Waals surface area contributed by atoms with E-state index in [1.807, 2.05) is 0 Å². The van der Waals surface area contributed by atoms with Gasteiger partial charge >= 0.3 is 0 Å². The SMILES string of the molecule is Cc1ccccc1S(=O)(=O)C(NC=O)c1ccc(F)cc1. The highest BCUT2D eigenvalue weighted by atomic mass is 32.2. The Labute approximate surface area is 122 Å². The maximum absolute atomic E-state index is 13.0. The zero-order valence-corrected chi connectivity index (χ0v) is 12.1. The van der Waals surface area contributed by atoms with Crippen LogP contribution in [0.25, 0.3) is 0 Å². The van der Waals surface area contributed by atoms with Gasteiger partial charge in [0.05, 0.1) is 4.90 Å². The predicted octanol–water partition coefficient (Wildman–Crippen LogP) is 2.35. The lowest BCUT2D eigenvalue weighted by molar-refractivity contribution is -0.109. The Bertz CT molecular complexity index is 742. The molecule has 0 aromatic heterocycles. The topological polar surface area (TPSA) is 63.2 Å². The first-order valence-corrected chi connectivity index (χ1v) is 7.76. The Balaban J connectivity index is 2.54. The Hall–Kier alpha value is -2.21. The number of carbonyl (C=O) groups excluding carboxylic acids is 1. The van der Waals surface area contributed by atoms with Crippen molar-refractivity contribution in [3.8, 4) is 0 Å². The van der Waals surface area contributed by atoms with Crippen LogP contribution in [0.2, 0.25) is 0 Å². The summed E-state index contributed by atoms with van der Waals surface area (Å²) in [5, 5.41) is 1.04. The van der Waals surface area contributed by atoms with Crippen LogP contribution in [0.3, 0.4) is 0 Å². The van der Waals surface area contributed by atoms with Gasteiger partial charge in [-0.05, 0) is 36.2 Å². The molecule has 0 spiro atoms. The van der Waals surface area contributed by atoms with Crippen molar-refractivity contribution >= 4 is 16.2 Å². The van der Waals surface area contributed by atoms with E-state index in [2.05, 4.69) is 5.32 Å². The van der Waals surface area contributed by atoms with E-state index in [9.17, 15) is 17.6 Å². The van der Waals surface area contributed by atoms with E-state index in [1.54, 1.807) is 25.1 Å². The molecule has 0 saturated carbocycles. The Morgan fingerprint density at radius 3 is 2.29 bits per heavy atom. The van der Waals surface area contributed by atoms with Crippen molar-refractivity contribution in [1.29, 1.82) is 0 Å². The summed E-state index contributed by atoms with van der Waals surface area (Å²) in [5.74, 6) is -0.475. The number of halogens is 1. The maximum atomic E-state index is 13.0. The van der Waals surface area contributed by atoms with Crippen LogP contribution in [0.4, 0.5) is 4.39 Å². The van der Waals surface area contributed by atoms with Crippen LogP contribution in [-0.2, 0) is 14.6 Å². The summed E-state index contributed by atoms with van der Waals surface area (Å²) < 4.78 is 38.4. The van der Waals surface area contributed by atoms with E-state index >= 15 is 0 Å². The second kappa shape index (κ2) is 6.05. The minimum Gasteiger partial charge on any atom is -0.338 e. The van der Waals surface area contributed by atoms with Gasteiger partial charge in [0, 0.05) is 0 Å². The van der Waals surface area contributed by atoms with Crippen LogP contribution in [0, 0.1) is 12.7 Å². The number of hydrogen-bond donors (Lipinski definition) is 1. The van der Waals surface area contributed by atoms with E-state index in [0.717, 1.165) is 12.1 Å². The van der Waals surface area contributed by atoms with Crippen molar-refractivity contribution in [1.82, 2.24) is 5.32 Å². The molecule has 0 bridgehead atoms. The first kappa shape index (κ1) is 15.2. The summed E-state index contributed by atoms with van der Waals surface area (Å²) >= 11 is 0. The van der Waals surface area contributed by atoms with Crippen molar-refractivity contribution in [3.63, 3.8) is 0 Å². The fourth-order valence-corrected chi connectivity index (χ4v) is 3.86. The van der Waals surface area contributed by atoms with Crippen LogP contribution in [0.15, 0.2) is 53.4 Å². The second-order valence-corrected chi connectivity index (χ2v) is 6.53. The first-order chi connectivity index (χ1) is 9.96. The number of sulfone groups is 1. The molecule has 4 nitrogen and oxygen atoms in total. The van der Waals surface area contributed by atoms with Crippen molar-refractivity contribution < 1.29 is 17.6 Å². The van der Waals surface area contributed by atoms with Gasteiger partial charge in [0.1, 0.15) is 5.82 Å². The number of benzene rings is 2. The molecule has 0 radical (unpaired) electrons. The third-order valence-corrected chi connectivity index (χ3v) is 5.20. The number of hydrogen-bond acceptors (Lipinski definition) is 3. The highest BCUT2D eigenvalue weighted by Crippen LogP contribution is 2.28. The third-order valence-electron chi connectivity index (χ3n) is 3.10. The van der Waals surface area contributed by atoms with Gasteiger partial charge in [-0.3, -0.25) is 4.79 Å². The molecule has 0 aliphatic rings. The van der Waals surface area contributed by atoms with Gasteiger partial charge in [0.15, 0.2) is 5.37 Å². The quantitative estimate of drug-likeness (QED) is 0.863. The van der Waals surface area contributed by atoms with Gasteiger partial charge in [-0.15, -0.1) is 0 Å². The number of amides is 1. The van der Waals surface area contributed by atoms with Crippen molar-refractivity contribution in [2.45, 2.75) is 17.2 Å². The molecule has 0 saturated heterocycles. The third kappa shape index (κ3) is 3.11. The van der Waals surface area contributed by atoms with Gasteiger partial charge in [0.2, 0.25) is 16.2 Å². The summed E-state index contributed by atoms with van der Waals surface area (Å²) in [6, 6.07) is 11.5. The highest BCUT2D eigenvalue weighted by Gasteiger charge is 2.29. The smallest absolute Gasteiger partial charge is 0.208 e. The zero-order valence-electron chi connectivity index (χ0n) is 11.3. The molecule has 2 aromatic carbocycles. The minimum absolute atomic E-state index is 0.133. The molecule has 21 heavy (non-hydrogen) atoms. The molecule has 0 fully saturated rings. The molecule has 1 amide bonds. The van der Waals surface area contributed by atoms with Crippen molar-refractivity contribution in [2.24, 2.45) is 0 Å². The predicted molar refractivity (Wildman–Crippen MR) is 76.7 cm³/mol. The zero-order chi connectivity index (χ0) is 15.5. The number of rotatable bonds is 5. The van der Waals surface area contributed by atoms with E-state index in [4.69, 9.17) is 0 Å². The molecule has 110 valence electrons. The van der Waals surface area contributed by atoms with Crippen LogP contribution in [-0.4, -0.2) is 14.8 Å². The molecule has 1 atom stereocenters. The van der Waals surface area contributed by atoms with Crippen molar-refractivity contribution in [3.05, 3.63) is 65.5 Å². The van der Waals surface area contributed by atoms with Gasteiger partial charge in [0.25, 0.3) is 0 Å². The van der Waals surface area contributed by atoms with Crippen LogP contribution < -0.4 is 5.32 Å². The summed E-state index contributed by atoms with van der Waals surface area (Å²) in [7, 11) is -3.82. The lowest BCUT2D eigenvalue weighted by Gasteiger charge is -2.18. The summed E-state index contributed by atoms with van der Waals surface area (Å²) in [5.41, 5.74) is 0.879. The Morgan fingerprint density at radius 2 is 1.71 bits per heavy atom. The fourth-order valence-electron chi connectivity index (χ4n) is 2.07. The summed E-state index contributed by atoms with van der Waals surface area (Å²) in [6.45, 7) is 1.68. The monoisotopic (exact) mass is 307 g/mol. The van der Waals surface area contributed by atoms with Crippen LogP contribution >= 0.6 is 0 Å². The highest BCUT2D eigenvalue weighted by molar-refractivity contribution is 7.91. The molecule has 2 aromatic rings. The second-order valence-electron chi connectivity index (χ2n) is 4.53. The number of carbonyl (C=O) groups is 1. The molecular formula is C15H14FNO3S. The normalized spacial score (nSPS) is 12.7. The summed E-state index contributed by atoms with van der Waals surface area (Å²) in [6.07, 6.45) is 0.323. The largest absolute Gasteiger partial charge is 0.338 e. The standard InChI is InChI=1S/C15H14FNO3S/c1-11-4-2-3-5-14(11)21(19,20)15(17-10-18)12-6-8-13(16)9-7-12/h2-10,15H,1H3,(H,17,18). The van der Waals surface area contributed by atoms with Gasteiger partial charge < -0.3 is 5.32 Å². The molecule has 0 aliphatic heterocycles. The number of nitrogens with one attached hydrogen (secondary N) is 1. The molecule has 2 rings (SSSR count). The molecular weight excluding hydrogens is 293 g/mol. The van der Waals surface area contributed by atoms with Crippen LogP contribution in [0.5, 0.6) is 0 Å². The average molecular weight is 307 g/mol. The first-order valence-electron chi connectivity index (χ1n) is 6.21.